The summed E-state index contributed by atoms with van der Waals surface area (Å²) in [6.45, 7) is 0. The van der Waals surface area contributed by atoms with Crippen molar-refractivity contribution < 1.29 is 0 Å². The summed E-state index contributed by atoms with van der Waals surface area (Å²) in [7, 11) is 0. The molecule has 0 radical (unpaired) electrons. The van der Waals surface area contributed by atoms with E-state index in [-0.39, 0.29) is 0 Å². The Morgan fingerprint density at radius 1 is 1.13 bits per heavy atom. The second kappa shape index (κ2) is 5.29. The lowest BCUT2D eigenvalue weighted by Gasteiger charge is -1.97. The standard InChI is InChI=1S/C12H12ClNS/c13-8-11-9-15-12(14-11)7-6-10-4-2-1-3-5-10/h1-5,9H,6-8H2. The van der Waals surface area contributed by atoms with E-state index in [2.05, 4.69) is 29.2 Å². The van der Waals surface area contributed by atoms with Crippen LogP contribution in [-0.2, 0) is 18.7 Å². The number of rotatable bonds is 4. The zero-order valence-corrected chi connectivity index (χ0v) is 9.89. The summed E-state index contributed by atoms with van der Waals surface area (Å²) in [6.07, 6.45) is 2.06. The molecule has 2 rings (SSSR count). The third-order valence-corrected chi connectivity index (χ3v) is 3.44. The Morgan fingerprint density at radius 3 is 2.60 bits per heavy atom. The zero-order chi connectivity index (χ0) is 10.5. The van der Waals surface area contributed by atoms with Gasteiger partial charge in [0.2, 0.25) is 0 Å². The van der Waals surface area contributed by atoms with Gasteiger partial charge in [-0.1, -0.05) is 30.3 Å². The number of aryl methyl sites for hydroxylation is 2. The van der Waals surface area contributed by atoms with Gasteiger partial charge in [-0.25, -0.2) is 4.98 Å². The van der Waals surface area contributed by atoms with Gasteiger partial charge < -0.3 is 0 Å². The molecule has 0 bridgehead atoms. The molecule has 0 N–H and O–H groups in total. The van der Waals surface area contributed by atoms with Gasteiger partial charge in [-0.15, -0.1) is 22.9 Å². The van der Waals surface area contributed by atoms with Gasteiger partial charge in [0.15, 0.2) is 0 Å². The van der Waals surface area contributed by atoms with E-state index in [1.807, 2.05) is 11.4 Å². The average Bonchev–Trinajstić information content (AvgIpc) is 2.76. The molecule has 0 saturated carbocycles. The molecule has 0 aliphatic rings. The lowest BCUT2D eigenvalue weighted by atomic mass is 10.1. The van der Waals surface area contributed by atoms with Gasteiger partial charge in [0, 0.05) is 11.8 Å². The number of aromatic nitrogens is 1. The van der Waals surface area contributed by atoms with Gasteiger partial charge in [0.25, 0.3) is 0 Å². The SMILES string of the molecule is ClCc1csc(CCc2ccccc2)n1. The molecule has 15 heavy (non-hydrogen) atoms. The highest BCUT2D eigenvalue weighted by molar-refractivity contribution is 7.09. The van der Waals surface area contributed by atoms with Gasteiger partial charge in [-0.05, 0) is 12.0 Å². The third kappa shape index (κ3) is 3.05. The van der Waals surface area contributed by atoms with Crippen molar-refractivity contribution in [1.82, 2.24) is 4.98 Å². The third-order valence-electron chi connectivity index (χ3n) is 2.21. The molecule has 0 unspecified atom stereocenters. The molecule has 2 aromatic rings. The highest BCUT2D eigenvalue weighted by Crippen LogP contribution is 2.14. The smallest absolute Gasteiger partial charge is 0.0932 e. The summed E-state index contributed by atoms with van der Waals surface area (Å²) in [4.78, 5) is 4.43. The summed E-state index contributed by atoms with van der Waals surface area (Å²) < 4.78 is 0. The maximum atomic E-state index is 5.70. The Hall–Kier alpha value is -0.860. The van der Waals surface area contributed by atoms with Crippen molar-refractivity contribution in [3.05, 3.63) is 52.0 Å². The maximum Gasteiger partial charge on any atom is 0.0932 e. The topological polar surface area (TPSA) is 12.9 Å². The minimum Gasteiger partial charge on any atom is -0.245 e. The first kappa shape index (κ1) is 10.7. The predicted molar refractivity (Wildman–Crippen MR) is 65.5 cm³/mol. The summed E-state index contributed by atoms with van der Waals surface area (Å²) in [6, 6.07) is 10.5. The van der Waals surface area contributed by atoms with Crippen molar-refractivity contribution in [2.24, 2.45) is 0 Å². The second-order valence-corrected chi connectivity index (χ2v) is 4.56. The number of hydrogen-bond donors (Lipinski definition) is 0. The van der Waals surface area contributed by atoms with Gasteiger partial charge in [-0.2, -0.15) is 0 Å². The summed E-state index contributed by atoms with van der Waals surface area (Å²) in [5.41, 5.74) is 2.35. The number of halogens is 1. The monoisotopic (exact) mass is 237 g/mol. The molecule has 0 spiro atoms. The van der Waals surface area contributed by atoms with E-state index in [0.717, 1.165) is 18.5 Å². The molecule has 0 fully saturated rings. The van der Waals surface area contributed by atoms with Crippen molar-refractivity contribution in [1.29, 1.82) is 0 Å². The first-order chi connectivity index (χ1) is 7.38. The van der Waals surface area contributed by atoms with Crippen LogP contribution in [-0.4, -0.2) is 4.98 Å². The average molecular weight is 238 g/mol. The molecule has 0 saturated heterocycles. The molecule has 78 valence electrons. The Morgan fingerprint density at radius 2 is 1.93 bits per heavy atom. The number of hydrogen-bond acceptors (Lipinski definition) is 2. The highest BCUT2D eigenvalue weighted by atomic mass is 35.5. The molecular weight excluding hydrogens is 226 g/mol. The molecule has 1 aromatic carbocycles. The van der Waals surface area contributed by atoms with E-state index >= 15 is 0 Å². The lowest BCUT2D eigenvalue weighted by Crippen LogP contribution is -1.90. The molecular formula is C12H12ClNS. The van der Waals surface area contributed by atoms with Crippen LogP contribution >= 0.6 is 22.9 Å². The van der Waals surface area contributed by atoms with Crippen LogP contribution in [0.25, 0.3) is 0 Å². The quantitative estimate of drug-likeness (QED) is 0.740. The summed E-state index contributed by atoms with van der Waals surface area (Å²) in [5.74, 6) is 0.516. The van der Waals surface area contributed by atoms with Crippen molar-refractivity contribution in [3.63, 3.8) is 0 Å². The van der Waals surface area contributed by atoms with Gasteiger partial charge in [0.1, 0.15) is 0 Å². The van der Waals surface area contributed by atoms with Gasteiger partial charge in [-0.3, -0.25) is 0 Å². The molecule has 0 amide bonds. The molecule has 0 aliphatic heterocycles. The summed E-state index contributed by atoms with van der Waals surface area (Å²) >= 11 is 7.40. The first-order valence-electron chi connectivity index (χ1n) is 4.91. The van der Waals surface area contributed by atoms with E-state index in [0.29, 0.717) is 5.88 Å². The Kier molecular flexibility index (Phi) is 3.75. The zero-order valence-electron chi connectivity index (χ0n) is 8.32. The van der Waals surface area contributed by atoms with E-state index in [1.165, 1.54) is 10.6 Å². The lowest BCUT2D eigenvalue weighted by molar-refractivity contribution is 0.934. The minimum atomic E-state index is 0.516. The van der Waals surface area contributed by atoms with Gasteiger partial charge in [0.05, 0.1) is 16.6 Å². The number of benzene rings is 1. The Bertz CT molecular complexity index is 411. The van der Waals surface area contributed by atoms with Crippen LogP contribution in [0.15, 0.2) is 35.7 Å². The fourth-order valence-electron chi connectivity index (χ4n) is 1.42. The van der Waals surface area contributed by atoms with Crippen molar-refractivity contribution in [2.75, 3.05) is 0 Å². The van der Waals surface area contributed by atoms with E-state index < -0.39 is 0 Å². The van der Waals surface area contributed by atoms with Crippen molar-refractivity contribution in [2.45, 2.75) is 18.7 Å². The summed E-state index contributed by atoms with van der Waals surface area (Å²) in [5, 5.41) is 3.21. The Balaban J connectivity index is 1.93. The van der Waals surface area contributed by atoms with E-state index in [9.17, 15) is 0 Å². The predicted octanol–water partition coefficient (Wildman–Crippen LogP) is 3.67. The molecule has 0 atom stereocenters. The van der Waals surface area contributed by atoms with Crippen LogP contribution in [0.4, 0.5) is 0 Å². The minimum absolute atomic E-state index is 0.516. The fraction of sp³-hybridized carbons (Fsp3) is 0.250. The molecule has 3 heteroatoms. The normalized spacial score (nSPS) is 10.5. The van der Waals surface area contributed by atoms with Crippen LogP contribution in [0.5, 0.6) is 0 Å². The maximum absolute atomic E-state index is 5.70. The van der Waals surface area contributed by atoms with Crippen molar-refractivity contribution in [3.8, 4) is 0 Å². The second-order valence-electron chi connectivity index (χ2n) is 3.35. The Labute approximate surface area is 98.7 Å². The van der Waals surface area contributed by atoms with Crippen molar-refractivity contribution >= 4 is 22.9 Å². The molecule has 1 aromatic heterocycles. The highest BCUT2D eigenvalue weighted by Gasteiger charge is 2.01. The molecule has 1 heterocycles. The number of alkyl halides is 1. The van der Waals surface area contributed by atoms with E-state index in [1.54, 1.807) is 11.3 Å². The number of thiazole rings is 1. The fourth-order valence-corrected chi connectivity index (χ4v) is 2.45. The number of nitrogens with zero attached hydrogens (tertiary/aromatic N) is 1. The van der Waals surface area contributed by atoms with E-state index in [4.69, 9.17) is 11.6 Å². The van der Waals surface area contributed by atoms with Crippen LogP contribution in [0.2, 0.25) is 0 Å². The van der Waals surface area contributed by atoms with Crippen LogP contribution in [0.1, 0.15) is 16.3 Å². The van der Waals surface area contributed by atoms with Crippen LogP contribution < -0.4 is 0 Å². The van der Waals surface area contributed by atoms with Crippen LogP contribution in [0, 0.1) is 0 Å². The first-order valence-corrected chi connectivity index (χ1v) is 6.33. The van der Waals surface area contributed by atoms with Crippen LogP contribution in [0.3, 0.4) is 0 Å². The van der Waals surface area contributed by atoms with Gasteiger partial charge >= 0.3 is 0 Å². The largest absolute Gasteiger partial charge is 0.245 e. The molecule has 1 nitrogen and oxygen atoms in total. The molecule has 0 aliphatic carbocycles.